The monoisotopic (exact) mass is 447 g/mol. The standard InChI is InChI=1S/C21H25N3O4S2/c1-22-21-14-18(7-8-20(21)24(30(22,27)28)15-16-5-6-16)17-3-2-4-19(13-17)23-9-11-29(25,26)12-10-23/h2-4,7-8,13-14,16H,5-6,9-12,15H2,1H3. The normalized spacial score (nSPS) is 22.2. The number of anilines is 3. The zero-order chi connectivity index (χ0) is 21.1. The van der Waals surface area contributed by atoms with Gasteiger partial charge in [-0.1, -0.05) is 18.2 Å². The molecule has 1 saturated heterocycles. The lowest BCUT2D eigenvalue weighted by atomic mass is 10.0. The summed E-state index contributed by atoms with van der Waals surface area (Å²) in [6.07, 6.45) is 2.18. The van der Waals surface area contributed by atoms with Crippen molar-refractivity contribution in [2.45, 2.75) is 12.8 Å². The molecule has 1 aliphatic carbocycles. The molecular weight excluding hydrogens is 422 g/mol. The lowest BCUT2D eigenvalue weighted by molar-refractivity contribution is 0.586. The highest BCUT2D eigenvalue weighted by molar-refractivity contribution is 7.94. The van der Waals surface area contributed by atoms with Crippen molar-refractivity contribution >= 4 is 37.1 Å². The maximum atomic E-state index is 12.9. The average Bonchev–Trinajstić information content (AvgIpc) is 3.52. The maximum absolute atomic E-state index is 12.9. The Morgan fingerprint density at radius 1 is 0.900 bits per heavy atom. The molecule has 30 heavy (non-hydrogen) atoms. The fraction of sp³-hybridized carbons (Fsp3) is 0.429. The van der Waals surface area contributed by atoms with Crippen molar-refractivity contribution < 1.29 is 16.8 Å². The van der Waals surface area contributed by atoms with Crippen LogP contribution in [0.5, 0.6) is 0 Å². The van der Waals surface area contributed by atoms with Crippen LogP contribution >= 0.6 is 0 Å². The van der Waals surface area contributed by atoms with E-state index in [2.05, 4.69) is 4.90 Å². The van der Waals surface area contributed by atoms with E-state index in [0.29, 0.717) is 31.2 Å². The third kappa shape index (κ3) is 3.43. The van der Waals surface area contributed by atoms with E-state index < -0.39 is 20.0 Å². The molecule has 0 unspecified atom stereocenters. The molecule has 0 N–H and O–H groups in total. The fourth-order valence-corrected chi connectivity index (χ4v) is 6.84. The third-order valence-electron chi connectivity index (χ3n) is 6.22. The number of nitrogens with zero attached hydrogens (tertiary/aromatic N) is 3. The van der Waals surface area contributed by atoms with Gasteiger partial charge in [0.2, 0.25) is 0 Å². The molecule has 0 spiro atoms. The summed E-state index contributed by atoms with van der Waals surface area (Å²) in [6, 6.07) is 13.8. The van der Waals surface area contributed by atoms with Crippen molar-refractivity contribution in [1.82, 2.24) is 0 Å². The molecule has 0 amide bonds. The molecule has 1 saturated carbocycles. The molecule has 2 fully saturated rings. The Labute approximate surface area is 178 Å². The minimum atomic E-state index is -3.51. The number of benzene rings is 2. The van der Waals surface area contributed by atoms with E-state index in [-0.39, 0.29) is 11.5 Å². The Hall–Kier alpha value is -2.26. The van der Waals surface area contributed by atoms with Crippen LogP contribution in [0.1, 0.15) is 12.8 Å². The SMILES string of the molecule is CN1c2cc(-c3cccc(N4CCS(=O)(=O)CC4)c3)ccc2N(CC2CC2)S1(=O)=O. The van der Waals surface area contributed by atoms with Crippen LogP contribution < -0.4 is 13.5 Å². The second-order valence-corrected chi connectivity index (χ2v) is 12.5. The summed E-state index contributed by atoms with van der Waals surface area (Å²) in [7, 11) is -4.84. The average molecular weight is 448 g/mol. The summed E-state index contributed by atoms with van der Waals surface area (Å²) in [5.74, 6) is 0.814. The topological polar surface area (TPSA) is 78.0 Å². The van der Waals surface area contributed by atoms with Crippen molar-refractivity contribution in [3.05, 3.63) is 42.5 Å². The van der Waals surface area contributed by atoms with Gasteiger partial charge in [0, 0.05) is 32.4 Å². The molecule has 0 atom stereocenters. The van der Waals surface area contributed by atoms with Gasteiger partial charge in [0.1, 0.15) is 0 Å². The maximum Gasteiger partial charge on any atom is 0.326 e. The summed E-state index contributed by atoms with van der Waals surface area (Å²) in [6.45, 7) is 1.53. The highest BCUT2D eigenvalue weighted by Gasteiger charge is 2.40. The van der Waals surface area contributed by atoms with Gasteiger partial charge >= 0.3 is 10.2 Å². The van der Waals surface area contributed by atoms with Gasteiger partial charge in [0.25, 0.3) is 0 Å². The van der Waals surface area contributed by atoms with E-state index in [1.807, 2.05) is 42.5 Å². The molecule has 7 nitrogen and oxygen atoms in total. The van der Waals surface area contributed by atoms with Crippen LogP contribution in [0.25, 0.3) is 11.1 Å². The van der Waals surface area contributed by atoms with Crippen molar-refractivity contribution in [2.24, 2.45) is 5.92 Å². The van der Waals surface area contributed by atoms with Gasteiger partial charge in [-0.05, 0) is 54.2 Å². The lowest BCUT2D eigenvalue weighted by Crippen LogP contribution is -2.40. The molecule has 0 bridgehead atoms. The molecule has 2 aromatic carbocycles. The predicted molar refractivity (Wildman–Crippen MR) is 120 cm³/mol. The Morgan fingerprint density at radius 3 is 2.30 bits per heavy atom. The van der Waals surface area contributed by atoms with E-state index in [4.69, 9.17) is 0 Å². The van der Waals surface area contributed by atoms with Crippen LogP contribution in [0.2, 0.25) is 0 Å². The van der Waals surface area contributed by atoms with Crippen LogP contribution in [-0.2, 0) is 20.0 Å². The predicted octanol–water partition coefficient (Wildman–Crippen LogP) is 2.50. The first-order chi connectivity index (χ1) is 14.2. The first-order valence-electron chi connectivity index (χ1n) is 10.2. The highest BCUT2D eigenvalue weighted by atomic mass is 32.2. The fourth-order valence-electron chi connectivity index (χ4n) is 4.14. The summed E-state index contributed by atoms with van der Waals surface area (Å²) in [5.41, 5.74) is 4.35. The summed E-state index contributed by atoms with van der Waals surface area (Å²) >= 11 is 0. The lowest BCUT2D eigenvalue weighted by Gasteiger charge is -2.29. The zero-order valence-electron chi connectivity index (χ0n) is 16.9. The van der Waals surface area contributed by atoms with Crippen molar-refractivity contribution in [2.75, 3.05) is 51.7 Å². The molecule has 9 heteroatoms. The number of fused-ring (bicyclic) bond motifs is 1. The van der Waals surface area contributed by atoms with Gasteiger partial charge in [-0.2, -0.15) is 8.42 Å². The van der Waals surface area contributed by atoms with Crippen LogP contribution in [0.3, 0.4) is 0 Å². The van der Waals surface area contributed by atoms with E-state index >= 15 is 0 Å². The second kappa shape index (κ2) is 6.88. The molecule has 0 radical (unpaired) electrons. The Bertz CT molecular complexity index is 1190. The molecule has 2 aliphatic heterocycles. The number of hydrogen-bond acceptors (Lipinski definition) is 5. The number of sulfone groups is 1. The van der Waals surface area contributed by atoms with E-state index in [1.165, 1.54) is 8.61 Å². The van der Waals surface area contributed by atoms with Gasteiger partial charge in [-0.15, -0.1) is 0 Å². The minimum Gasteiger partial charge on any atom is -0.369 e. The molecule has 2 aromatic rings. The molecular formula is C21H25N3O4S2. The van der Waals surface area contributed by atoms with Gasteiger partial charge in [-0.25, -0.2) is 8.42 Å². The molecule has 0 aromatic heterocycles. The van der Waals surface area contributed by atoms with Gasteiger partial charge in [0.05, 0.1) is 22.9 Å². The molecule has 2 heterocycles. The van der Waals surface area contributed by atoms with Crippen molar-refractivity contribution in [1.29, 1.82) is 0 Å². The second-order valence-electron chi connectivity index (χ2n) is 8.34. The Morgan fingerprint density at radius 2 is 1.60 bits per heavy atom. The largest absolute Gasteiger partial charge is 0.369 e. The summed E-state index contributed by atoms with van der Waals surface area (Å²) in [5, 5.41) is 0. The third-order valence-corrected chi connectivity index (χ3v) is 9.62. The van der Waals surface area contributed by atoms with Crippen LogP contribution in [0, 0.1) is 5.92 Å². The Kier molecular flexibility index (Phi) is 4.52. The van der Waals surface area contributed by atoms with Gasteiger partial charge in [-0.3, -0.25) is 8.61 Å². The molecule has 160 valence electrons. The number of hydrogen-bond donors (Lipinski definition) is 0. The smallest absolute Gasteiger partial charge is 0.326 e. The molecule has 3 aliphatic rings. The molecule has 5 rings (SSSR count). The zero-order valence-corrected chi connectivity index (χ0v) is 18.5. The van der Waals surface area contributed by atoms with E-state index in [1.54, 1.807) is 7.05 Å². The highest BCUT2D eigenvalue weighted by Crippen LogP contribution is 2.44. The van der Waals surface area contributed by atoms with Gasteiger partial charge < -0.3 is 4.90 Å². The number of rotatable bonds is 4. The first kappa shape index (κ1) is 19.7. The minimum absolute atomic E-state index is 0.176. The Balaban J connectivity index is 1.46. The first-order valence-corrected chi connectivity index (χ1v) is 13.4. The van der Waals surface area contributed by atoms with Crippen molar-refractivity contribution in [3.8, 4) is 11.1 Å². The van der Waals surface area contributed by atoms with E-state index in [9.17, 15) is 16.8 Å². The quantitative estimate of drug-likeness (QED) is 0.720. The summed E-state index contributed by atoms with van der Waals surface area (Å²) < 4.78 is 52.1. The summed E-state index contributed by atoms with van der Waals surface area (Å²) in [4.78, 5) is 2.09. The van der Waals surface area contributed by atoms with Crippen molar-refractivity contribution in [3.63, 3.8) is 0 Å². The van der Waals surface area contributed by atoms with Gasteiger partial charge in [0.15, 0.2) is 9.84 Å². The van der Waals surface area contributed by atoms with Crippen LogP contribution in [0.4, 0.5) is 17.1 Å². The van der Waals surface area contributed by atoms with Crippen LogP contribution in [0.15, 0.2) is 42.5 Å². The van der Waals surface area contributed by atoms with Crippen LogP contribution in [-0.4, -0.2) is 55.0 Å². The van der Waals surface area contributed by atoms with E-state index in [0.717, 1.165) is 35.3 Å².